The first-order chi connectivity index (χ1) is 22.7. The molecule has 1 saturated carbocycles. The van der Waals surface area contributed by atoms with Crippen molar-refractivity contribution < 1.29 is 23.5 Å². The highest BCUT2D eigenvalue weighted by Crippen LogP contribution is 2.40. The summed E-state index contributed by atoms with van der Waals surface area (Å²) < 4.78 is 25.9. The number of carbonyl (C=O) groups is 2. The molecule has 0 bridgehead atoms. The largest absolute Gasteiger partial charge is 0.497 e. The van der Waals surface area contributed by atoms with E-state index in [-0.39, 0.29) is 48.1 Å². The van der Waals surface area contributed by atoms with Gasteiger partial charge in [-0.3, -0.25) is 24.9 Å². The van der Waals surface area contributed by atoms with E-state index in [1.165, 1.54) is 18.7 Å². The summed E-state index contributed by atoms with van der Waals surface area (Å²) in [6, 6.07) is 16.0. The number of pyridine rings is 1. The summed E-state index contributed by atoms with van der Waals surface area (Å²) in [6.07, 6.45) is 5.50. The van der Waals surface area contributed by atoms with Crippen molar-refractivity contribution in [1.29, 1.82) is 0 Å². The second-order valence-corrected chi connectivity index (χ2v) is 13.0. The maximum Gasteiger partial charge on any atom is 0.244 e. The zero-order valence-electron chi connectivity index (χ0n) is 27.5. The molecule has 0 radical (unpaired) electrons. The Kier molecular flexibility index (Phi) is 10.0. The molecule has 10 nitrogen and oxygen atoms in total. The number of amides is 2. The number of fused-ring (bicyclic) bond motifs is 1. The number of methoxy groups -OCH3 is 2. The predicted molar refractivity (Wildman–Crippen MR) is 177 cm³/mol. The second-order valence-electron chi connectivity index (χ2n) is 13.0. The van der Waals surface area contributed by atoms with Gasteiger partial charge in [0.15, 0.2) is 0 Å². The van der Waals surface area contributed by atoms with E-state index in [1.54, 1.807) is 31.2 Å². The molecule has 2 aromatic carbocycles. The normalized spacial score (nSPS) is 25.9. The van der Waals surface area contributed by atoms with Crippen LogP contribution in [0.5, 0.6) is 11.5 Å². The topological polar surface area (TPSA) is 108 Å². The van der Waals surface area contributed by atoms with Crippen molar-refractivity contribution in [3.05, 3.63) is 83.4 Å². The molecule has 47 heavy (non-hydrogen) atoms. The lowest BCUT2D eigenvalue weighted by Crippen LogP contribution is -2.57. The fourth-order valence-corrected chi connectivity index (χ4v) is 7.56. The first-order valence-corrected chi connectivity index (χ1v) is 16.5. The van der Waals surface area contributed by atoms with Crippen LogP contribution in [0.1, 0.15) is 55.0 Å². The zero-order valence-corrected chi connectivity index (χ0v) is 27.5. The molecule has 6 rings (SSSR count). The Morgan fingerprint density at radius 2 is 1.85 bits per heavy atom. The minimum atomic E-state index is -0.504. The van der Waals surface area contributed by atoms with Gasteiger partial charge in [0.25, 0.3) is 0 Å². The number of carbonyl (C=O) groups excluding carboxylic acids is 2. The van der Waals surface area contributed by atoms with Gasteiger partial charge in [0.05, 0.1) is 26.3 Å². The van der Waals surface area contributed by atoms with Crippen LogP contribution in [0.2, 0.25) is 0 Å². The van der Waals surface area contributed by atoms with Gasteiger partial charge in [-0.25, -0.2) is 9.82 Å². The Morgan fingerprint density at radius 1 is 1.04 bits per heavy atom. The van der Waals surface area contributed by atoms with Gasteiger partial charge in [-0.1, -0.05) is 6.07 Å². The van der Waals surface area contributed by atoms with Gasteiger partial charge in [-0.05, 0) is 99.0 Å². The van der Waals surface area contributed by atoms with Gasteiger partial charge in [0.1, 0.15) is 17.3 Å². The van der Waals surface area contributed by atoms with Crippen LogP contribution in [-0.2, 0) is 16.1 Å². The molecule has 3 fully saturated rings. The summed E-state index contributed by atoms with van der Waals surface area (Å²) in [7, 11) is 4.87. The molecule has 6 atom stereocenters. The summed E-state index contributed by atoms with van der Waals surface area (Å²) in [5.74, 6) is 0.883. The number of hydrogen-bond donors (Lipinski definition) is 3. The van der Waals surface area contributed by atoms with E-state index in [4.69, 9.17) is 9.47 Å². The fraction of sp³-hybridized carbons (Fsp3) is 0.472. The molecular weight excluding hydrogens is 599 g/mol. The number of piperidine rings is 1. The Balaban J connectivity index is 1.16. The molecule has 0 spiro atoms. The van der Waals surface area contributed by atoms with E-state index in [2.05, 4.69) is 27.2 Å². The molecule has 3 heterocycles. The van der Waals surface area contributed by atoms with Gasteiger partial charge >= 0.3 is 0 Å². The standard InChI is InChI=1S/C36H45FN6O4/c1-22-18-23(16-17-38-22)34-28-19-24(8-14-31(28)40-41-34)35(44)39-25-9-15-32(36(45)42(2)26-10-12-27(46-3)13-11-26)43(20-25)21-29-30(37)6-5-7-33(29)47-4/h5-7,10-13,16-18,24-25,28,31-32,34,40-41H,8-9,14-15,19-21H2,1-4H3,(H,39,44)/t24?,25-,28?,31?,32+,34?/m1/s1. The van der Waals surface area contributed by atoms with Crippen LogP contribution < -0.4 is 30.5 Å². The van der Waals surface area contributed by atoms with Crippen molar-refractivity contribution in [1.82, 2.24) is 26.1 Å². The summed E-state index contributed by atoms with van der Waals surface area (Å²) in [4.78, 5) is 35.7. The summed E-state index contributed by atoms with van der Waals surface area (Å²) in [5, 5.41) is 3.33. The molecule has 3 N–H and O–H groups in total. The number of ether oxygens (including phenoxy) is 2. The monoisotopic (exact) mass is 644 g/mol. The number of nitrogens with zero attached hydrogens (tertiary/aromatic N) is 3. The lowest BCUT2D eigenvalue weighted by molar-refractivity contribution is -0.128. The van der Waals surface area contributed by atoms with Crippen molar-refractivity contribution in [2.45, 2.75) is 69.7 Å². The first kappa shape index (κ1) is 32.9. The number of nitrogens with one attached hydrogen (secondary N) is 3. The van der Waals surface area contributed by atoms with Crippen LogP contribution in [0.3, 0.4) is 0 Å². The molecule has 3 aromatic rings. The third-order valence-corrected chi connectivity index (χ3v) is 10.2. The third kappa shape index (κ3) is 7.12. The van der Waals surface area contributed by atoms with E-state index in [9.17, 15) is 9.59 Å². The predicted octanol–water partition coefficient (Wildman–Crippen LogP) is 4.29. The molecule has 3 aliphatic rings. The minimum Gasteiger partial charge on any atom is -0.497 e. The van der Waals surface area contributed by atoms with E-state index < -0.39 is 6.04 Å². The molecule has 1 aromatic heterocycles. The smallest absolute Gasteiger partial charge is 0.244 e. The fourth-order valence-electron chi connectivity index (χ4n) is 7.56. The third-order valence-electron chi connectivity index (χ3n) is 10.2. The second kappa shape index (κ2) is 14.4. The van der Waals surface area contributed by atoms with E-state index >= 15 is 4.39 Å². The van der Waals surface area contributed by atoms with Crippen molar-refractivity contribution in [2.75, 3.05) is 32.7 Å². The number of halogens is 1. The summed E-state index contributed by atoms with van der Waals surface area (Å²) in [5.41, 5.74) is 10.2. The number of anilines is 1. The Morgan fingerprint density at radius 3 is 2.60 bits per heavy atom. The number of aromatic nitrogens is 1. The van der Waals surface area contributed by atoms with E-state index in [0.29, 0.717) is 42.5 Å². The van der Waals surface area contributed by atoms with Crippen LogP contribution in [0.4, 0.5) is 10.1 Å². The molecule has 1 aliphatic carbocycles. The van der Waals surface area contributed by atoms with Crippen molar-refractivity contribution in [3.63, 3.8) is 0 Å². The van der Waals surface area contributed by atoms with Gasteiger partial charge in [0.2, 0.25) is 11.8 Å². The minimum absolute atomic E-state index is 0.0496. The summed E-state index contributed by atoms with van der Waals surface area (Å²) in [6.45, 7) is 2.58. The lowest BCUT2D eigenvalue weighted by atomic mass is 9.74. The number of aryl methyl sites for hydroxylation is 1. The first-order valence-electron chi connectivity index (χ1n) is 16.5. The van der Waals surface area contributed by atoms with Crippen LogP contribution in [0.25, 0.3) is 0 Å². The van der Waals surface area contributed by atoms with Gasteiger partial charge in [-0.2, -0.15) is 0 Å². The summed E-state index contributed by atoms with van der Waals surface area (Å²) >= 11 is 0. The average molecular weight is 645 g/mol. The van der Waals surface area contributed by atoms with Crippen molar-refractivity contribution >= 4 is 17.5 Å². The highest BCUT2D eigenvalue weighted by molar-refractivity contribution is 5.96. The van der Waals surface area contributed by atoms with Crippen LogP contribution in [0.15, 0.2) is 60.8 Å². The zero-order chi connectivity index (χ0) is 33.1. The highest BCUT2D eigenvalue weighted by atomic mass is 19.1. The molecule has 2 saturated heterocycles. The lowest BCUT2D eigenvalue weighted by Gasteiger charge is -2.41. The molecule has 4 unspecified atom stereocenters. The van der Waals surface area contributed by atoms with Crippen molar-refractivity contribution in [2.24, 2.45) is 11.8 Å². The Hall–Kier alpha value is -4.06. The SMILES string of the molecule is COc1ccc(N(C)C(=O)[C@@H]2CC[C@@H](NC(=O)C3CCC4NNC(c5ccnc(C)c5)C4C3)CN2Cc2c(F)cccc2OC)cc1. The Bertz CT molecular complexity index is 1570. The van der Waals surface area contributed by atoms with E-state index in [1.807, 2.05) is 48.4 Å². The average Bonchev–Trinajstić information content (AvgIpc) is 3.52. The molecule has 250 valence electrons. The van der Waals surface area contributed by atoms with Gasteiger partial charge < -0.3 is 19.7 Å². The number of likely N-dealkylation sites (tertiary alicyclic amines) is 1. The van der Waals surface area contributed by atoms with Crippen LogP contribution in [0, 0.1) is 24.6 Å². The molecule has 11 heteroatoms. The van der Waals surface area contributed by atoms with Gasteiger partial charge in [-0.15, -0.1) is 0 Å². The number of hydrazine groups is 1. The van der Waals surface area contributed by atoms with Crippen molar-refractivity contribution in [3.8, 4) is 11.5 Å². The Labute approximate surface area is 276 Å². The maximum atomic E-state index is 15.2. The number of hydrogen-bond acceptors (Lipinski definition) is 8. The quantitative estimate of drug-likeness (QED) is 0.317. The number of benzene rings is 2. The van der Waals surface area contributed by atoms with Crippen LogP contribution >= 0.6 is 0 Å². The van der Waals surface area contributed by atoms with E-state index in [0.717, 1.165) is 30.6 Å². The molecule has 2 aliphatic heterocycles. The number of rotatable bonds is 9. The molecule has 2 amide bonds. The molecular formula is C36H45FN6O4. The number of likely N-dealkylation sites (N-methyl/N-ethyl adjacent to an activating group) is 1. The highest BCUT2D eigenvalue weighted by Gasteiger charge is 2.43. The van der Waals surface area contributed by atoms with Gasteiger partial charge in [0, 0.05) is 61.3 Å². The van der Waals surface area contributed by atoms with Crippen LogP contribution in [-0.4, -0.2) is 67.6 Å². The maximum absolute atomic E-state index is 15.2.